The molecule has 0 aromatic carbocycles. The monoisotopic (exact) mass is 211 g/mol. The van der Waals surface area contributed by atoms with Gasteiger partial charge < -0.3 is 19.8 Å². The molecule has 0 fully saturated rings. The first-order valence-electron chi connectivity index (χ1n) is 5.05. The van der Waals surface area contributed by atoms with Crippen molar-refractivity contribution in [1.29, 1.82) is 0 Å². The van der Waals surface area contributed by atoms with Gasteiger partial charge in [0.05, 0.1) is 12.0 Å². The molecule has 1 aromatic heterocycles. The minimum atomic E-state index is -0.378. The molecule has 5 nitrogen and oxygen atoms in total. The molecule has 2 rings (SSSR count). The van der Waals surface area contributed by atoms with Crippen LogP contribution in [0.3, 0.4) is 0 Å². The summed E-state index contributed by atoms with van der Waals surface area (Å²) in [6.45, 7) is 2.94. The van der Waals surface area contributed by atoms with Crippen molar-refractivity contribution < 1.29 is 9.47 Å². The van der Waals surface area contributed by atoms with Gasteiger partial charge in [-0.1, -0.05) is 0 Å². The van der Waals surface area contributed by atoms with Crippen molar-refractivity contribution in [2.45, 2.75) is 25.2 Å². The van der Waals surface area contributed by atoms with Gasteiger partial charge in [-0.2, -0.15) is 0 Å². The highest BCUT2D eigenvalue weighted by molar-refractivity contribution is 5.25. The summed E-state index contributed by atoms with van der Waals surface area (Å²) in [6.07, 6.45) is 2.35. The van der Waals surface area contributed by atoms with Gasteiger partial charge in [-0.25, -0.2) is 4.98 Å². The van der Waals surface area contributed by atoms with Crippen LogP contribution >= 0.6 is 0 Å². The van der Waals surface area contributed by atoms with Crippen molar-refractivity contribution in [3.05, 3.63) is 17.7 Å². The Bertz CT molecular complexity index is 335. The molecule has 0 saturated heterocycles. The Morgan fingerprint density at radius 1 is 1.47 bits per heavy atom. The van der Waals surface area contributed by atoms with Gasteiger partial charge in [0.25, 0.3) is 0 Å². The third-order valence-corrected chi connectivity index (χ3v) is 2.98. The highest BCUT2D eigenvalue weighted by Gasteiger charge is 2.42. The first kappa shape index (κ1) is 10.6. The van der Waals surface area contributed by atoms with Crippen molar-refractivity contribution in [3.63, 3.8) is 0 Å². The van der Waals surface area contributed by atoms with Gasteiger partial charge in [0.15, 0.2) is 6.29 Å². The van der Waals surface area contributed by atoms with Crippen molar-refractivity contribution in [1.82, 2.24) is 15.3 Å². The molecule has 1 aliphatic rings. The van der Waals surface area contributed by atoms with Crippen LogP contribution < -0.4 is 5.32 Å². The third-order valence-electron chi connectivity index (χ3n) is 2.98. The fraction of sp³-hybridized carbons (Fsp3) is 0.700. The van der Waals surface area contributed by atoms with Crippen LogP contribution in [0.2, 0.25) is 0 Å². The highest BCUT2D eigenvalue weighted by atomic mass is 16.7. The van der Waals surface area contributed by atoms with Gasteiger partial charge in [-0.05, 0) is 6.92 Å². The Kier molecular flexibility index (Phi) is 2.77. The summed E-state index contributed by atoms with van der Waals surface area (Å²) in [5.74, 6) is 0. The first-order chi connectivity index (χ1) is 7.22. The van der Waals surface area contributed by atoms with Gasteiger partial charge >= 0.3 is 0 Å². The number of ether oxygens (including phenoxy) is 2. The van der Waals surface area contributed by atoms with Gasteiger partial charge in [0.2, 0.25) is 0 Å². The number of methoxy groups -OCH3 is 2. The minimum Gasteiger partial charge on any atom is -0.354 e. The second-order valence-electron chi connectivity index (χ2n) is 3.91. The Morgan fingerprint density at radius 2 is 2.20 bits per heavy atom. The van der Waals surface area contributed by atoms with Crippen LogP contribution in [-0.4, -0.2) is 37.0 Å². The van der Waals surface area contributed by atoms with Crippen molar-refractivity contribution >= 4 is 0 Å². The summed E-state index contributed by atoms with van der Waals surface area (Å²) in [7, 11) is 3.28. The summed E-state index contributed by atoms with van der Waals surface area (Å²) in [6, 6.07) is 0. The zero-order valence-electron chi connectivity index (χ0n) is 9.33. The maximum atomic E-state index is 5.33. The second-order valence-corrected chi connectivity index (χ2v) is 3.91. The summed E-state index contributed by atoms with van der Waals surface area (Å²) >= 11 is 0. The lowest BCUT2D eigenvalue weighted by Gasteiger charge is -2.38. The molecular formula is C10H17N3O2. The van der Waals surface area contributed by atoms with E-state index in [2.05, 4.69) is 15.3 Å². The number of nitrogens with zero attached hydrogens (tertiary/aromatic N) is 1. The third kappa shape index (κ3) is 1.56. The zero-order valence-corrected chi connectivity index (χ0v) is 9.33. The number of aromatic nitrogens is 2. The molecule has 5 heteroatoms. The van der Waals surface area contributed by atoms with E-state index in [-0.39, 0.29) is 11.8 Å². The Hall–Kier alpha value is -0.910. The van der Waals surface area contributed by atoms with E-state index in [0.29, 0.717) is 0 Å². The van der Waals surface area contributed by atoms with Crippen LogP contribution in [0.15, 0.2) is 6.33 Å². The number of hydrogen-bond acceptors (Lipinski definition) is 4. The van der Waals surface area contributed by atoms with Crippen molar-refractivity contribution in [3.8, 4) is 0 Å². The lowest BCUT2D eigenvalue weighted by molar-refractivity contribution is -0.156. The molecule has 2 heterocycles. The standard InChI is InChI=1S/C10H17N3O2/c1-10(9(14-2)15-3)8-7(4-5-13-10)11-6-12-8/h6,9,13H,4-5H2,1-3H3,(H,11,12). The molecule has 2 N–H and O–H groups in total. The average molecular weight is 211 g/mol. The molecule has 0 aliphatic carbocycles. The van der Waals surface area contributed by atoms with Gasteiger partial charge in [-0.3, -0.25) is 0 Å². The number of H-pyrrole nitrogens is 1. The highest BCUT2D eigenvalue weighted by Crippen LogP contribution is 2.30. The Balaban J connectivity index is 2.37. The van der Waals surface area contributed by atoms with Crippen LogP contribution in [-0.2, 0) is 21.4 Å². The largest absolute Gasteiger partial charge is 0.354 e. The lowest BCUT2D eigenvalue weighted by Crippen LogP contribution is -2.54. The molecular weight excluding hydrogens is 194 g/mol. The van der Waals surface area contributed by atoms with E-state index in [1.54, 1.807) is 20.5 Å². The Morgan fingerprint density at radius 3 is 2.87 bits per heavy atom. The summed E-state index contributed by atoms with van der Waals surface area (Å²) in [5, 5.41) is 3.41. The molecule has 0 amide bonds. The fourth-order valence-electron chi connectivity index (χ4n) is 2.25. The van der Waals surface area contributed by atoms with E-state index in [0.717, 1.165) is 24.4 Å². The molecule has 0 radical (unpaired) electrons. The van der Waals surface area contributed by atoms with Crippen molar-refractivity contribution in [2.75, 3.05) is 20.8 Å². The number of nitrogens with one attached hydrogen (secondary N) is 2. The zero-order chi connectivity index (χ0) is 10.9. The second kappa shape index (κ2) is 3.92. The quantitative estimate of drug-likeness (QED) is 0.710. The van der Waals surface area contributed by atoms with E-state index in [1.165, 1.54) is 0 Å². The normalized spacial score (nSPS) is 25.6. The molecule has 1 atom stereocenters. The van der Waals surface area contributed by atoms with Crippen LogP contribution in [0, 0.1) is 0 Å². The Labute approximate surface area is 89.2 Å². The van der Waals surface area contributed by atoms with E-state index in [4.69, 9.17) is 9.47 Å². The molecule has 84 valence electrons. The molecule has 1 aromatic rings. The average Bonchev–Trinajstić information content (AvgIpc) is 2.69. The van der Waals surface area contributed by atoms with E-state index in [1.807, 2.05) is 6.92 Å². The van der Waals surface area contributed by atoms with Crippen LogP contribution in [0.5, 0.6) is 0 Å². The van der Waals surface area contributed by atoms with Crippen molar-refractivity contribution in [2.24, 2.45) is 0 Å². The molecule has 1 aliphatic heterocycles. The number of fused-ring (bicyclic) bond motifs is 1. The molecule has 0 bridgehead atoms. The SMILES string of the molecule is COC(OC)C1(C)NCCc2[nH]cnc21. The van der Waals surface area contributed by atoms with E-state index in [9.17, 15) is 0 Å². The number of aromatic amines is 1. The van der Waals surface area contributed by atoms with E-state index >= 15 is 0 Å². The topological polar surface area (TPSA) is 59.2 Å². The van der Waals surface area contributed by atoms with Crippen LogP contribution in [0.4, 0.5) is 0 Å². The predicted octanol–water partition coefficient (Wildman–Crippen LogP) is 0.389. The molecule has 0 saturated carbocycles. The summed E-state index contributed by atoms with van der Waals surface area (Å²) < 4.78 is 10.7. The molecule has 1 unspecified atom stereocenters. The van der Waals surface area contributed by atoms with E-state index < -0.39 is 0 Å². The van der Waals surface area contributed by atoms with Gasteiger partial charge in [0.1, 0.15) is 5.54 Å². The summed E-state index contributed by atoms with van der Waals surface area (Å²) in [5.41, 5.74) is 1.77. The molecule has 15 heavy (non-hydrogen) atoms. The maximum absolute atomic E-state index is 5.33. The van der Waals surface area contributed by atoms with Gasteiger partial charge in [-0.15, -0.1) is 0 Å². The minimum absolute atomic E-state index is 0.333. The summed E-state index contributed by atoms with van der Waals surface area (Å²) in [4.78, 5) is 7.50. The fourth-order valence-corrected chi connectivity index (χ4v) is 2.25. The molecule has 0 spiro atoms. The van der Waals surface area contributed by atoms with Gasteiger partial charge in [0, 0.05) is 32.9 Å². The number of imidazole rings is 1. The maximum Gasteiger partial charge on any atom is 0.180 e. The van der Waals surface area contributed by atoms with Crippen LogP contribution in [0.1, 0.15) is 18.3 Å². The van der Waals surface area contributed by atoms with Crippen LogP contribution in [0.25, 0.3) is 0 Å². The number of hydrogen-bond donors (Lipinski definition) is 2. The number of rotatable bonds is 3. The predicted molar refractivity (Wildman–Crippen MR) is 55.5 cm³/mol. The first-order valence-corrected chi connectivity index (χ1v) is 5.05. The lowest BCUT2D eigenvalue weighted by atomic mass is 9.90. The smallest absolute Gasteiger partial charge is 0.180 e.